The molecule has 3 rings (SSSR count). The molecule has 21 heavy (non-hydrogen) atoms. The van der Waals surface area contributed by atoms with Crippen molar-refractivity contribution in [3.05, 3.63) is 11.7 Å². The molecule has 0 radical (unpaired) electrons. The molecule has 2 aliphatic rings. The van der Waals surface area contributed by atoms with E-state index in [9.17, 15) is 4.21 Å². The topological polar surface area (TPSA) is 59.2 Å². The van der Waals surface area contributed by atoms with Crippen molar-refractivity contribution in [3.8, 4) is 0 Å². The van der Waals surface area contributed by atoms with Crippen molar-refractivity contribution < 1.29 is 8.73 Å². The monoisotopic (exact) mass is 311 g/mol. The molecule has 6 heteroatoms. The van der Waals surface area contributed by atoms with Gasteiger partial charge in [0.05, 0.1) is 11.3 Å². The number of aromatic nitrogens is 2. The van der Waals surface area contributed by atoms with Gasteiger partial charge in [-0.15, -0.1) is 0 Å². The third-order valence-corrected chi connectivity index (χ3v) is 6.53. The van der Waals surface area contributed by atoms with Crippen LogP contribution < -0.4 is 0 Å². The summed E-state index contributed by atoms with van der Waals surface area (Å²) in [7, 11) is -0.734. The molecule has 0 aromatic carbocycles. The van der Waals surface area contributed by atoms with E-state index >= 15 is 0 Å². The molecule has 0 unspecified atom stereocenters. The molecule has 5 nitrogen and oxygen atoms in total. The molecular formula is C15H25N3O2S. The van der Waals surface area contributed by atoms with Crippen LogP contribution in [0.15, 0.2) is 4.52 Å². The molecule has 1 aromatic heterocycles. The van der Waals surface area contributed by atoms with Gasteiger partial charge in [0.25, 0.3) is 0 Å². The maximum atomic E-state index is 12.0. The van der Waals surface area contributed by atoms with Crippen molar-refractivity contribution in [3.63, 3.8) is 0 Å². The van der Waals surface area contributed by atoms with Gasteiger partial charge in [0, 0.05) is 35.6 Å². The normalized spacial score (nSPS) is 27.8. The summed E-state index contributed by atoms with van der Waals surface area (Å²) in [6, 6.07) is 0. The Morgan fingerprint density at radius 3 is 2.81 bits per heavy atom. The van der Waals surface area contributed by atoms with Crippen molar-refractivity contribution in [2.75, 3.05) is 18.8 Å². The van der Waals surface area contributed by atoms with Gasteiger partial charge in [0.2, 0.25) is 5.89 Å². The van der Waals surface area contributed by atoms with Crippen molar-refractivity contribution in [1.82, 2.24) is 15.0 Å². The van der Waals surface area contributed by atoms with Crippen LogP contribution in [0, 0.1) is 0 Å². The minimum Gasteiger partial charge on any atom is -0.339 e. The van der Waals surface area contributed by atoms with Crippen molar-refractivity contribution in [2.45, 2.75) is 63.2 Å². The van der Waals surface area contributed by atoms with Crippen molar-refractivity contribution >= 4 is 10.8 Å². The van der Waals surface area contributed by atoms with E-state index in [-0.39, 0.29) is 4.75 Å². The second-order valence-electron chi connectivity index (χ2n) is 6.90. The number of nitrogens with zero attached hydrogens (tertiary/aromatic N) is 3. The van der Waals surface area contributed by atoms with Gasteiger partial charge in [0.15, 0.2) is 5.82 Å². The van der Waals surface area contributed by atoms with Crippen LogP contribution in [0.4, 0.5) is 0 Å². The first kappa shape index (κ1) is 15.2. The van der Waals surface area contributed by atoms with Gasteiger partial charge in [-0.25, -0.2) is 0 Å². The highest BCUT2D eigenvalue weighted by atomic mass is 32.2. The Morgan fingerprint density at radius 2 is 2.10 bits per heavy atom. The third-order valence-electron chi connectivity index (χ3n) is 4.62. The zero-order valence-electron chi connectivity index (χ0n) is 13.0. The molecular weight excluding hydrogens is 286 g/mol. The van der Waals surface area contributed by atoms with Crippen LogP contribution in [0.25, 0.3) is 0 Å². The Morgan fingerprint density at radius 1 is 1.33 bits per heavy atom. The highest BCUT2D eigenvalue weighted by Gasteiger charge is 2.33. The fourth-order valence-electron chi connectivity index (χ4n) is 3.36. The van der Waals surface area contributed by atoms with Gasteiger partial charge in [-0.05, 0) is 26.7 Å². The fraction of sp³-hybridized carbons (Fsp3) is 0.867. The second kappa shape index (κ2) is 6.16. The van der Waals surface area contributed by atoms with Gasteiger partial charge in [-0.2, -0.15) is 4.98 Å². The minimum absolute atomic E-state index is 0.145. The Bertz CT molecular complexity index is 509. The van der Waals surface area contributed by atoms with Crippen LogP contribution in [0.3, 0.4) is 0 Å². The quantitative estimate of drug-likeness (QED) is 0.858. The molecule has 1 saturated heterocycles. The van der Waals surface area contributed by atoms with Crippen LogP contribution in [0.5, 0.6) is 0 Å². The van der Waals surface area contributed by atoms with E-state index < -0.39 is 10.8 Å². The van der Waals surface area contributed by atoms with E-state index in [0.717, 1.165) is 30.6 Å². The number of hydrogen-bond acceptors (Lipinski definition) is 5. The zero-order chi connectivity index (χ0) is 14.9. The smallest absolute Gasteiger partial charge is 0.229 e. The predicted molar refractivity (Wildman–Crippen MR) is 82.5 cm³/mol. The lowest BCUT2D eigenvalue weighted by molar-refractivity contribution is 0.237. The molecule has 1 saturated carbocycles. The standard InChI is InChI=1S/C15H25N3O2S/c1-15(2)11-18(8-9-21(15)19)10-13-16-14(20-17-13)12-6-4-3-5-7-12/h12H,3-11H2,1-2H3/t21-/m0/s1. The molecule has 1 aliphatic carbocycles. The van der Waals surface area contributed by atoms with Crippen LogP contribution in [0.2, 0.25) is 0 Å². The van der Waals surface area contributed by atoms with E-state index in [4.69, 9.17) is 4.52 Å². The van der Waals surface area contributed by atoms with Crippen LogP contribution in [-0.4, -0.2) is 42.8 Å². The van der Waals surface area contributed by atoms with Crippen molar-refractivity contribution in [1.29, 1.82) is 0 Å². The van der Waals surface area contributed by atoms with E-state index in [2.05, 4.69) is 28.9 Å². The molecule has 0 bridgehead atoms. The summed E-state index contributed by atoms with van der Waals surface area (Å²) in [6.45, 7) is 6.52. The summed E-state index contributed by atoms with van der Waals surface area (Å²) in [5, 5.41) is 4.15. The van der Waals surface area contributed by atoms with Crippen LogP contribution in [-0.2, 0) is 17.3 Å². The highest BCUT2D eigenvalue weighted by molar-refractivity contribution is 7.86. The third kappa shape index (κ3) is 3.54. The van der Waals surface area contributed by atoms with Crippen LogP contribution >= 0.6 is 0 Å². The first-order chi connectivity index (χ1) is 10.0. The molecule has 1 aromatic rings. The summed E-state index contributed by atoms with van der Waals surface area (Å²) < 4.78 is 17.3. The summed E-state index contributed by atoms with van der Waals surface area (Å²) >= 11 is 0. The maximum Gasteiger partial charge on any atom is 0.229 e. The van der Waals surface area contributed by atoms with E-state index in [0.29, 0.717) is 12.5 Å². The van der Waals surface area contributed by atoms with Crippen molar-refractivity contribution in [2.24, 2.45) is 0 Å². The Labute approximate surface area is 128 Å². The van der Waals surface area contributed by atoms with Gasteiger partial charge in [-0.3, -0.25) is 9.11 Å². The molecule has 118 valence electrons. The van der Waals surface area contributed by atoms with Gasteiger partial charge in [-0.1, -0.05) is 24.4 Å². The second-order valence-corrected chi connectivity index (χ2v) is 9.11. The van der Waals surface area contributed by atoms with Gasteiger partial charge < -0.3 is 4.52 Å². The molecule has 2 fully saturated rings. The first-order valence-electron chi connectivity index (χ1n) is 7.98. The molecule has 1 aliphatic heterocycles. The average molecular weight is 311 g/mol. The Balaban J connectivity index is 1.61. The molecule has 2 heterocycles. The van der Waals surface area contributed by atoms with E-state index in [1.54, 1.807) is 0 Å². The SMILES string of the molecule is CC1(C)CN(Cc2noc(C3CCCCC3)n2)CC[S@@]1=O. The molecule has 0 N–H and O–H groups in total. The maximum absolute atomic E-state index is 12.0. The van der Waals surface area contributed by atoms with Crippen LogP contribution in [0.1, 0.15) is 63.6 Å². The first-order valence-corrected chi connectivity index (χ1v) is 9.30. The van der Waals surface area contributed by atoms with Gasteiger partial charge >= 0.3 is 0 Å². The van der Waals surface area contributed by atoms with Gasteiger partial charge in [0.1, 0.15) is 0 Å². The highest BCUT2D eigenvalue weighted by Crippen LogP contribution is 2.31. The largest absolute Gasteiger partial charge is 0.339 e. The fourth-order valence-corrected chi connectivity index (χ4v) is 4.66. The zero-order valence-corrected chi connectivity index (χ0v) is 13.8. The minimum atomic E-state index is -0.734. The lowest BCUT2D eigenvalue weighted by Gasteiger charge is -2.36. The lowest BCUT2D eigenvalue weighted by Crippen LogP contribution is -2.49. The lowest BCUT2D eigenvalue weighted by atomic mass is 9.89. The number of hydrogen-bond donors (Lipinski definition) is 0. The predicted octanol–water partition coefficient (Wildman–Crippen LogP) is 2.46. The summed E-state index contributed by atoms with van der Waals surface area (Å²) in [5.74, 6) is 2.80. The molecule has 0 spiro atoms. The Hall–Kier alpha value is -0.750. The molecule has 0 amide bonds. The summed E-state index contributed by atoms with van der Waals surface area (Å²) in [4.78, 5) is 6.89. The average Bonchev–Trinajstić information content (AvgIpc) is 2.92. The summed E-state index contributed by atoms with van der Waals surface area (Å²) in [6.07, 6.45) is 6.23. The van der Waals surface area contributed by atoms with E-state index in [1.165, 1.54) is 32.1 Å². The number of rotatable bonds is 3. The molecule has 1 atom stereocenters. The summed E-state index contributed by atoms with van der Waals surface area (Å²) in [5.41, 5.74) is 0. The van der Waals surface area contributed by atoms with E-state index in [1.807, 2.05) is 0 Å². The Kier molecular flexibility index (Phi) is 4.45.